The van der Waals surface area contributed by atoms with Crippen molar-refractivity contribution in [3.05, 3.63) is 29.6 Å². The van der Waals surface area contributed by atoms with E-state index in [0.29, 0.717) is 6.42 Å². The van der Waals surface area contributed by atoms with Gasteiger partial charge in [0.05, 0.1) is 5.69 Å². The van der Waals surface area contributed by atoms with Gasteiger partial charge in [-0.15, -0.1) is 0 Å². The summed E-state index contributed by atoms with van der Waals surface area (Å²) in [7, 11) is 0. The average molecular weight is 250 g/mol. The highest BCUT2D eigenvalue weighted by atomic mass is 19.1. The fourth-order valence-corrected chi connectivity index (χ4v) is 2.48. The summed E-state index contributed by atoms with van der Waals surface area (Å²) < 4.78 is 13.6. The third-order valence-electron chi connectivity index (χ3n) is 3.56. The molecule has 2 rings (SSSR count). The van der Waals surface area contributed by atoms with Crippen LogP contribution in [0, 0.1) is 18.7 Å². The Hall–Kier alpha value is -1.42. The SMILES string of the molecule is Cc1ccc(NC(=O)C[C@@H]2CCC[C@H]2N)c(F)c1. The Kier molecular flexibility index (Phi) is 3.97. The second kappa shape index (κ2) is 5.48. The molecule has 1 aliphatic carbocycles. The van der Waals surface area contributed by atoms with E-state index in [2.05, 4.69) is 5.32 Å². The standard InChI is InChI=1S/C14H19FN2O/c1-9-5-6-13(11(15)7-9)17-14(18)8-10-3-2-4-12(10)16/h5-7,10,12H,2-4,8,16H2,1H3,(H,17,18)/t10-,12+/m0/s1. The Bertz CT molecular complexity index is 447. The molecule has 3 N–H and O–H groups in total. The van der Waals surface area contributed by atoms with Crippen LogP contribution in [0.5, 0.6) is 0 Å². The lowest BCUT2D eigenvalue weighted by atomic mass is 10.00. The molecule has 4 heteroatoms. The molecule has 0 radical (unpaired) electrons. The van der Waals surface area contributed by atoms with Crippen molar-refractivity contribution in [2.24, 2.45) is 11.7 Å². The summed E-state index contributed by atoms with van der Waals surface area (Å²) in [5.74, 6) is -0.308. The van der Waals surface area contributed by atoms with Gasteiger partial charge in [0.25, 0.3) is 0 Å². The number of hydrogen-bond donors (Lipinski definition) is 2. The van der Waals surface area contributed by atoms with Gasteiger partial charge >= 0.3 is 0 Å². The molecule has 0 aromatic heterocycles. The smallest absolute Gasteiger partial charge is 0.224 e. The monoisotopic (exact) mass is 250 g/mol. The van der Waals surface area contributed by atoms with E-state index in [4.69, 9.17) is 5.73 Å². The summed E-state index contributed by atoms with van der Waals surface area (Å²) >= 11 is 0. The molecule has 0 unspecified atom stereocenters. The Morgan fingerprint density at radius 1 is 1.50 bits per heavy atom. The zero-order chi connectivity index (χ0) is 13.1. The van der Waals surface area contributed by atoms with Gasteiger partial charge in [-0.2, -0.15) is 0 Å². The summed E-state index contributed by atoms with van der Waals surface area (Å²) in [4.78, 5) is 11.8. The van der Waals surface area contributed by atoms with Crippen LogP contribution in [0.25, 0.3) is 0 Å². The molecule has 2 atom stereocenters. The average Bonchev–Trinajstić information content (AvgIpc) is 2.69. The van der Waals surface area contributed by atoms with Crippen LogP contribution in [0.4, 0.5) is 10.1 Å². The molecule has 0 aliphatic heterocycles. The van der Waals surface area contributed by atoms with Crippen LogP contribution in [0.3, 0.4) is 0 Å². The first-order valence-corrected chi connectivity index (χ1v) is 6.38. The van der Waals surface area contributed by atoms with E-state index in [-0.39, 0.29) is 29.4 Å². The number of nitrogens with one attached hydrogen (secondary N) is 1. The van der Waals surface area contributed by atoms with Gasteiger partial charge in [-0.3, -0.25) is 4.79 Å². The molecule has 0 heterocycles. The van der Waals surface area contributed by atoms with Gasteiger partial charge in [-0.05, 0) is 43.4 Å². The first-order chi connectivity index (χ1) is 8.56. The van der Waals surface area contributed by atoms with Crippen molar-refractivity contribution in [3.63, 3.8) is 0 Å². The fraction of sp³-hybridized carbons (Fsp3) is 0.500. The maximum atomic E-state index is 13.6. The predicted octanol–water partition coefficient (Wildman–Crippen LogP) is 2.59. The number of hydrogen-bond acceptors (Lipinski definition) is 2. The van der Waals surface area contributed by atoms with Crippen LogP contribution in [0.2, 0.25) is 0 Å². The largest absolute Gasteiger partial charge is 0.327 e. The summed E-state index contributed by atoms with van der Waals surface area (Å²) in [6.07, 6.45) is 3.44. The van der Waals surface area contributed by atoms with E-state index in [9.17, 15) is 9.18 Å². The molecule has 0 saturated heterocycles. The minimum absolute atomic E-state index is 0.110. The quantitative estimate of drug-likeness (QED) is 0.866. The molecule has 0 spiro atoms. The van der Waals surface area contributed by atoms with Crippen molar-refractivity contribution in [1.29, 1.82) is 0 Å². The molecule has 98 valence electrons. The van der Waals surface area contributed by atoms with Crippen molar-refractivity contribution in [3.8, 4) is 0 Å². The van der Waals surface area contributed by atoms with Crippen molar-refractivity contribution >= 4 is 11.6 Å². The highest BCUT2D eigenvalue weighted by molar-refractivity contribution is 5.91. The zero-order valence-electron chi connectivity index (χ0n) is 10.6. The van der Waals surface area contributed by atoms with Crippen LogP contribution >= 0.6 is 0 Å². The van der Waals surface area contributed by atoms with Gasteiger partial charge < -0.3 is 11.1 Å². The molecule has 1 amide bonds. The lowest BCUT2D eigenvalue weighted by Gasteiger charge is -2.15. The normalized spacial score (nSPS) is 23.1. The van der Waals surface area contributed by atoms with E-state index in [1.54, 1.807) is 12.1 Å². The molecular formula is C14H19FN2O. The van der Waals surface area contributed by atoms with Crippen molar-refractivity contribution < 1.29 is 9.18 Å². The number of carbonyl (C=O) groups excluding carboxylic acids is 1. The first-order valence-electron chi connectivity index (χ1n) is 6.38. The Balaban J connectivity index is 1.94. The summed E-state index contributed by atoms with van der Waals surface area (Å²) in [5, 5.41) is 2.62. The summed E-state index contributed by atoms with van der Waals surface area (Å²) in [6.45, 7) is 1.81. The maximum absolute atomic E-state index is 13.6. The summed E-state index contributed by atoms with van der Waals surface area (Å²) in [6, 6.07) is 4.90. The maximum Gasteiger partial charge on any atom is 0.224 e. The van der Waals surface area contributed by atoms with Crippen molar-refractivity contribution in [2.45, 2.75) is 38.6 Å². The van der Waals surface area contributed by atoms with Crippen LogP contribution in [0.1, 0.15) is 31.2 Å². The van der Waals surface area contributed by atoms with Gasteiger partial charge in [0, 0.05) is 12.5 Å². The summed E-state index contributed by atoms with van der Waals surface area (Å²) in [5.41, 5.74) is 7.00. The highest BCUT2D eigenvalue weighted by Crippen LogP contribution is 2.27. The molecular weight excluding hydrogens is 231 g/mol. The highest BCUT2D eigenvalue weighted by Gasteiger charge is 2.26. The van der Waals surface area contributed by atoms with Crippen LogP contribution in [-0.2, 0) is 4.79 Å². The van der Waals surface area contributed by atoms with Gasteiger partial charge in [-0.1, -0.05) is 12.5 Å². The number of carbonyl (C=O) groups is 1. The first kappa shape index (κ1) is 13.0. The van der Waals surface area contributed by atoms with Crippen molar-refractivity contribution in [1.82, 2.24) is 0 Å². The number of rotatable bonds is 3. The topological polar surface area (TPSA) is 55.1 Å². The third-order valence-corrected chi connectivity index (χ3v) is 3.56. The molecule has 1 aliphatic rings. The minimum atomic E-state index is -0.390. The fourth-order valence-electron chi connectivity index (χ4n) is 2.48. The predicted molar refractivity (Wildman–Crippen MR) is 69.7 cm³/mol. The Morgan fingerprint density at radius 2 is 2.28 bits per heavy atom. The van der Waals surface area contributed by atoms with E-state index < -0.39 is 0 Å². The van der Waals surface area contributed by atoms with Crippen LogP contribution in [0.15, 0.2) is 18.2 Å². The number of aryl methyl sites for hydroxylation is 1. The molecule has 1 aromatic rings. The van der Waals surface area contributed by atoms with E-state index in [1.807, 2.05) is 6.92 Å². The van der Waals surface area contributed by atoms with Gasteiger partial charge in [0.2, 0.25) is 5.91 Å². The third kappa shape index (κ3) is 3.07. The van der Waals surface area contributed by atoms with Gasteiger partial charge in [0.15, 0.2) is 0 Å². The second-order valence-electron chi connectivity index (χ2n) is 5.09. The Morgan fingerprint density at radius 3 is 2.89 bits per heavy atom. The number of amides is 1. The van der Waals surface area contributed by atoms with E-state index in [0.717, 1.165) is 24.8 Å². The number of anilines is 1. The number of halogens is 1. The molecule has 1 saturated carbocycles. The van der Waals surface area contributed by atoms with Crippen LogP contribution in [-0.4, -0.2) is 11.9 Å². The van der Waals surface area contributed by atoms with Gasteiger partial charge in [-0.25, -0.2) is 4.39 Å². The number of nitrogens with two attached hydrogens (primary N) is 1. The lowest BCUT2D eigenvalue weighted by Crippen LogP contribution is -2.28. The van der Waals surface area contributed by atoms with Crippen LogP contribution < -0.4 is 11.1 Å². The van der Waals surface area contributed by atoms with E-state index in [1.165, 1.54) is 6.07 Å². The zero-order valence-corrected chi connectivity index (χ0v) is 10.6. The molecule has 1 aromatic carbocycles. The van der Waals surface area contributed by atoms with Gasteiger partial charge in [0.1, 0.15) is 5.82 Å². The lowest BCUT2D eigenvalue weighted by molar-refractivity contribution is -0.117. The van der Waals surface area contributed by atoms with Crippen molar-refractivity contribution in [2.75, 3.05) is 5.32 Å². The molecule has 1 fully saturated rings. The number of benzene rings is 1. The second-order valence-corrected chi connectivity index (χ2v) is 5.09. The molecule has 18 heavy (non-hydrogen) atoms. The van der Waals surface area contributed by atoms with E-state index >= 15 is 0 Å². The minimum Gasteiger partial charge on any atom is -0.327 e. The Labute approximate surface area is 107 Å². The molecule has 3 nitrogen and oxygen atoms in total. The molecule has 0 bridgehead atoms.